The topological polar surface area (TPSA) is 32.8 Å². The highest BCUT2D eigenvalue weighted by Crippen LogP contribution is 2.35. The minimum Gasteiger partial charge on any atom is -0.444 e. The van der Waals surface area contributed by atoms with E-state index in [1.165, 1.54) is 16.1 Å². The van der Waals surface area contributed by atoms with Gasteiger partial charge in [0.2, 0.25) is 0 Å². The largest absolute Gasteiger partial charge is 0.444 e. The number of anilines is 1. The second-order valence-corrected chi connectivity index (χ2v) is 7.92. The first-order valence-corrected chi connectivity index (χ1v) is 9.35. The number of carbonyl (C=O) groups excluding carboxylic acids is 1. The van der Waals surface area contributed by atoms with Crippen LogP contribution in [0.15, 0.2) is 4.90 Å². The van der Waals surface area contributed by atoms with Crippen LogP contribution in [0.2, 0.25) is 0 Å². The molecule has 1 aliphatic heterocycles. The fourth-order valence-corrected chi connectivity index (χ4v) is 3.35. The molecule has 0 bridgehead atoms. The van der Waals surface area contributed by atoms with E-state index in [9.17, 15) is 22.4 Å². The van der Waals surface area contributed by atoms with Gasteiger partial charge in [0, 0.05) is 25.7 Å². The van der Waals surface area contributed by atoms with Crippen molar-refractivity contribution in [2.75, 3.05) is 30.8 Å². The Balaban J connectivity index is 2.26. The maximum atomic E-state index is 14.3. The van der Waals surface area contributed by atoms with Crippen molar-refractivity contribution in [2.45, 2.75) is 44.2 Å². The highest BCUT2D eigenvalue weighted by atomic mass is 32.2. The molecule has 1 aromatic carbocycles. The Kier molecular flexibility index (Phi) is 5.99. The Morgan fingerprint density at radius 1 is 1.08 bits per heavy atom. The summed E-state index contributed by atoms with van der Waals surface area (Å²) in [6.45, 7) is 7.02. The number of thioether (sulfide) groups is 1. The first kappa shape index (κ1) is 20.7. The number of nitrogens with zero attached hydrogens (tertiary/aromatic N) is 2. The summed E-state index contributed by atoms with van der Waals surface area (Å²) < 4.78 is 62.0. The van der Waals surface area contributed by atoms with Crippen LogP contribution in [-0.2, 0) is 4.74 Å². The smallest absolute Gasteiger partial charge is 0.410 e. The summed E-state index contributed by atoms with van der Waals surface area (Å²) in [5.74, 6) is -5.67. The van der Waals surface area contributed by atoms with E-state index in [2.05, 4.69) is 0 Å². The van der Waals surface area contributed by atoms with Crippen molar-refractivity contribution in [1.29, 1.82) is 0 Å². The normalized spacial score (nSPS) is 18.3. The monoisotopic (exact) mass is 394 g/mol. The molecule has 1 heterocycles. The molecule has 4 nitrogen and oxygen atoms in total. The Bertz CT molecular complexity index is 680. The fraction of sp³-hybridized carbons (Fsp3) is 0.588. The molecule has 2 rings (SSSR count). The molecule has 0 spiro atoms. The average molecular weight is 394 g/mol. The van der Waals surface area contributed by atoms with Gasteiger partial charge in [-0.2, -0.15) is 0 Å². The van der Waals surface area contributed by atoms with Crippen LogP contribution < -0.4 is 4.90 Å². The van der Waals surface area contributed by atoms with Crippen LogP contribution in [-0.4, -0.2) is 48.5 Å². The molecular formula is C17H22F4N2O2S. The lowest BCUT2D eigenvalue weighted by Crippen LogP contribution is -2.55. The van der Waals surface area contributed by atoms with Crippen molar-refractivity contribution in [3.8, 4) is 0 Å². The third kappa shape index (κ3) is 4.02. The number of ether oxygens (including phenoxy) is 1. The average Bonchev–Trinajstić information content (AvgIpc) is 2.52. The first-order valence-electron chi connectivity index (χ1n) is 8.12. The Morgan fingerprint density at radius 2 is 1.62 bits per heavy atom. The summed E-state index contributed by atoms with van der Waals surface area (Å²) in [6, 6.07) is -0.455. The lowest BCUT2D eigenvalue weighted by Gasteiger charge is -2.41. The number of piperazine rings is 1. The van der Waals surface area contributed by atoms with Crippen molar-refractivity contribution >= 4 is 23.5 Å². The summed E-state index contributed by atoms with van der Waals surface area (Å²) in [6.07, 6.45) is 0.794. The number of halogens is 4. The van der Waals surface area contributed by atoms with Gasteiger partial charge < -0.3 is 14.5 Å². The lowest BCUT2D eigenvalue weighted by molar-refractivity contribution is 0.0158. The van der Waals surface area contributed by atoms with E-state index in [0.717, 1.165) is 0 Å². The van der Waals surface area contributed by atoms with Crippen LogP contribution in [0.3, 0.4) is 0 Å². The van der Waals surface area contributed by atoms with Crippen LogP contribution >= 0.6 is 11.8 Å². The standard InChI is InChI=1S/C17H22F4N2O2S/c1-9-8-22(6-7-23(9)16(24)25-17(2,3)4)14-10(18)12(20)15(26-5)13(21)11(14)19/h9H,6-8H2,1-5H3/t9-/m0/s1. The second kappa shape index (κ2) is 7.54. The van der Waals surface area contributed by atoms with Crippen LogP contribution in [0, 0.1) is 23.3 Å². The van der Waals surface area contributed by atoms with Gasteiger partial charge in [0.25, 0.3) is 0 Å². The summed E-state index contributed by atoms with van der Waals surface area (Å²) >= 11 is 0.598. The van der Waals surface area contributed by atoms with Crippen LogP contribution in [0.1, 0.15) is 27.7 Å². The third-order valence-corrected chi connectivity index (χ3v) is 4.74. The maximum Gasteiger partial charge on any atom is 0.410 e. The zero-order valence-corrected chi connectivity index (χ0v) is 16.1. The third-order valence-electron chi connectivity index (χ3n) is 3.98. The van der Waals surface area contributed by atoms with Crippen LogP contribution in [0.4, 0.5) is 28.0 Å². The molecule has 1 aliphatic rings. The van der Waals surface area contributed by atoms with Gasteiger partial charge in [-0.15, -0.1) is 11.8 Å². The highest BCUT2D eigenvalue weighted by molar-refractivity contribution is 7.98. The summed E-state index contributed by atoms with van der Waals surface area (Å²) in [5.41, 5.74) is -1.42. The van der Waals surface area contributed by atoms with E-state index in [1.54, 1.807) is 27.7 Å². The molecule has 1 aromatic rings. The van der Waals surface area contributed by atoms with Crippen molar-refractivity contribution < 1.29 is 27.1 Å². The van der Waals surface area contributed by atoms with Crippen LogP contribution in [0.5, 0.6) is 0 Å². The van der Waals surface area contributed by atoms with E-state index in [-0.39, 0.29) is 19.6 Å². The van der Waals surface area contributed by atoms with E-state index in [1.807, 2.05) is 0 Å². The van der Waals surface area contributed by atoms with Crippen molar-refractivity contribution in [3.05, 3.63) is 23.3 Å². The maximum absolute atomic E-state index is 14.3. The number of carbonyl (C=O) groups is 1. The van der Waals surface area contributed by atoms with Gasteiger partial charge in [-0.1, -0.05) is 0 Å². The molecule has 1 amide bonds. The first-order chi connectivity index (χ1) is 12.0. The van der Waals surface area contributed by atoms with Gasteiger partial charge >= 0.3 is 6.09 Å². The predicted molar refractivity (Wildman–Crippen MR) is 92.7 cm³/mol. The summed E-state index contributed by atoms with van der Waals surface area (Å²) in [4.78, 5) is 14.2. The second-order valence-electron chi connectivity index (χ2n) is 7.11. The molecule has 1 saturated heterocycles. The number of rotatable bonds is 2. The zero-order valence-electron chi connectivity index (χ0n) is 15.3. The highest BCUT2D eigenvalue weighted by Gasteiger charge is 2.35. The van der Waals surface area contributed by atoms with Crippen molar-refractivity contribution in [3.63, 3.8) is 0 Å². The molecule has 26 heavy (non-hydrogen) atoms. The van der Waals surface area contributed by atoms with E-state index in [4.69, 9.17) is 4.74 Å². The Morgan fingerprint density at radius 3 is 2.04 bits per heavy atom. The molecule has 1 atom stereocenters. The number of benzene rings is 1. The van der Waals surface area contributed by atoms with Gasteiger partial charge in [-0.3, -0.25) is 0 Å². The fourth-order valence-electron chi connectivity index (χ4n) is 2.81. The van der Waals surface area contributed by atoms with Gasteiger partial charge in [-0.25, -0.2) is 22.4 Å². The van der Waals surface area contributed by atoms with Gasteiger partial charge in [0.1, 0.15) is 11.3 Å². The Labute approximate surface area is 154 Å². The van der Waals surface area contributed by atoms with E-state index >= 15 is 0 Å². The van der Waals surface area contributed by atoms with Crippen molar-refractivity contribution in [1.82, 2.24) is 4.90 Å². The molecule has 9 heteroatoms. The SMILES string of the molecule is CSc1c(F)c(F)c(N2CCN(C(=O)OC(C)(C)C)[C@@H](C)C2)c(F)c1F. The molecule has 0 radical (unpaired) electrons. The van der Waals surface area contributed by atoms with E-state index < -0.39 is 51.6 Å². The molecule has 146 valence electrons. The van der Waals surface area contributed by atoms with Crippen LogP contribution in [0.25, 0.3) is 0 Å². The predicted octanol–water partition coefficient (Wildman–Crippen LogP) is 4.41. The number of amides is 1. The lowest BCUT2D eigenvalue weighted by atomic mass is 10.1. The minimum absolute atomic E-state index is 0.0184. The quantitative estimate of drug-likeness (QED) is 0.423. The molecule has 0 unspecified atom stereocenters. The molecule has 0 aromatic heterocycles. The molecule has 0 aliphatic carbocycles. The van der Waals surface area contributed by atoms with Gasteiger partial charge in [0.05, 0.1) is 4.90 Å². The van der Waals surface area contributed by atoms with Gasteiger partial charge in [-0.05, 0) is 34.0 Å². The minimum atomic E-state index is -1.42. The Hall–Kier alpha value is -1.64. The zero-order chi connectivity index (χ0) is 19.8. The summed E-state index contributed by atoms with van der Waals surface area (Å²) in [5, 5.41) is 0. The number of hydrogen-bond donors (Lipinski definition) is 0. The molecule has 0 N–H and O–H groups in total. The number of hydrogen-bond acceptors (Lipinski definition) is 4. The van der Waals surface area contributed by atoms with E-state index in [0.29, 0.717) is 11.8 Å². The molecule has 1 fully saturated rings. The molecule has 0 saturated carbocycles. The van der Waals surface area contributed by atoms with Crippen molar-refractivity contribution in [2.24, 2.45) is 0 Å². The van der Waals surface area contributed by atoms with Gasteiger partial charge in [0.15, 0.2) is 23.3 Å². The summed E-state index contributed by atoms with van der Waals surface area (Å²) in [7, 11) is 0. The molecular weight excluding hydrogens is 372 g/mol.